The number of hydrogen-bond donors (Lipinski definition) is 1. The zero-order chi connectivity index (χ0) is 9.97. The third kappa shape index (κ3) is 1.96. The minimum atomic E-state index is -1.00. The predicted molar refractivity (Wildman–Crippen MR) is 50.2 cm³/mol. The summed E-state index contributed by atoms with van der Waals surface area (Å²) >= 11 is 0. The van der Waals surface area contributed by atoms with Crippen molar-refractivity contribution in [2.45, 2.75) is 19.4 Å². The fourth-order valence-electron chi connectivity index (χ4n) is 1.77. The van der Waals surface area contributed by atoms with Crippen molar-refractivity contribution in [3.05, 3.63) is 23.7 Å². The Morgan fingerprint density at radius 2 is 2.21 bits per heavy atom. The van der Waals surface area contributed by atoms with Crippen LogP contribution in [-0.4, -0.2) is 29.1 Å². The fourth-order valence-corrected chi connectivity index (χ4v) is 1.77. The molecular weight excluding hydrogens is 182 g/mol. The first-order valence-corrected chi connectivity index (χ1v) is 4.79. The fraction of sp³-hybridized carbons (Fsp3) is 0.500. The van der Waals surface area contributed by atoms with E-state index in [1.54, 1.807) is 6.07 Å². The molecule has 1 aromatic rings. The van der Waals surface area contributed by atoms with Gasteiger partial charge in [-0.3, -0.25) is 4.90 Å². The minimum absolute atomic E-state index is 0.0270. The Kier molecular flexibility index (Phi) is 2.54. The van der Waals surface area contributed by atoms with Gasteiger partial charge < -0.3 is 9.52 Å². The second kappa shape index (κ2) is 3.84. The molecule has 1 aromatic heterocycles. The summed E-state index contributed by atoms with van der Waals surface area (Å²) in [6, 6.07) is 1.60. The lowest BCUT2D eigenvalue weighted by atomic mass is 10.3. The van der Waals surface area contributed by atoms with Crippen molar-refractivity contribution >= 4 is 5.97 Å². The number of carboxylic acid groups (broad SMARTS) is 1. The number of nitrogens with zero attached hydrogens (tertiary/aromatic N) is 1. The van der Waals surface area contributed by atoms with Crippen LogP contribution in [0.3, 0.4) is 0 Å². The van der Waals surface area contributed by atoms with Crippen LogP contribution in [-0.2, 0) is 6.54 Å². The van der Waals surface area contributed by atoms with Crippen molar-refractivity contribution in [3.8, 4) is 0 Å². The van der Waals surface area contributed by atoms with Crippen molar-refractivity contribution in [2.24, 2.45) is 0 Å². The first kappa shape index (κ1) is 9.27. The quantitative estimate of drug-likeness (QED) is 0.795. The lowest BCUT2D eigenvalue weighted by molar-refractivity contribution is 0.0662. The Morgan fingerprint density at radius 3 is 2.79 bits per heavy atom. The summed E-state index contributed by atoms with van der Waals surface area (Å²) in [5.41, 5.74) is 0.948. The Labute approximate surface area is 82.1 Å². The molecule has 0 aliphatic carbocycles. The van der Waals surface area contributed by atoms with E-state index in [0.717, 1.165) is 25.2 Å². The Balaban J connectivity index is 1.98. The molecule has 0 radical (unpaired) electrons. The molecule has 1 saturated heterocycles. The summed E-state index contributed by atoms with van der Waals surface area (Å²) in [6.45, 7) is 3.01. The van der Waals surface area contributed by atoms with Crippen LogP contribution in [0, 0.1) is 0 Å². The molecule has 1 fully saturated rings. The highest BCUT2D eigenvalue weighted by molar-refractivity contribution is 5.84. The molecule has 0 unspecified atom stereocenters. The van der Waals surface area contributed by atoms with Gasteiger partial charge >= 0.3 is 5.97 Å². The molecule has 0 amide bonds. The molecule has 4 heteroatoms. The standard InChI is InChI=1S/C10H13NO3/c12-10(13)9-5-8(7-14-9)6-11-3-1-2-4-11/h5,7H,1-4,6H2,(H,12,13). The molecule has 0 bridgehead atoms. The molecule has 0 aromatic carbocycles. The number of likely N-dealkylation sites (tertiary alicyclic amines) is 1. The van der Waals surface area contributed by atoms with Crippen molar-refractivity contribution in [2.75, 3.05) is 13.1 Å². The van der Waals surface area contributed by atoms with Crippen LogP contribution in [0.4, 0.5) is 0 Å². The molecule has 0 atom stereocenters. The van der Waals surface area contributed by atoms with Gasteiger partial charge in [0.25, 0.3) is 0 Å². The van der Waals surface area contributed by atoms with Crippen LogP contribution < -0.4 is 0 Å². The van der Waals surface area contributed by atoms with E-state index in [1.165, 1.54) is 19.1 Å². The summed E-state index contributed by atoms with van der Waals surface area (Å²) in [4.78, 5) is 12.8. The highest BCUT2D eigenvalue weighted by atomic mass is 16.4. The summed E-state index contributed by atoms with van der Waals surface area (Å²) in [5, 5.41) is 8.65. The third-order valence-electron chi connectivity index (χ3n) is 2.47. The average molecular weight is 195 g/mol. The van der Waals surface area contributed by atoms with Gasteiger partial charge in [0.05, 0.1) is 6.26 Å². The second-order valence-electron chi connectivity index (χ2n) is 3.61. The van der Waals surface area contributed by atoms with Crippen LogP contribution >= 0.6 is 0 Å². The molecule has 0 saturated carbocycles. The topological polar surface area (TPSA) is 53.7 Å². The molecule has 1 N–H and O–H groups in total. The highest BCUT2D eigenvalue weighted by Gasteiger charge is 2.14. The van der Waals surface area contributed by atoms with Gasteiger partial charge in [-0.25, -0.2) is 4.79 Å². The minimum Gasteiger partial charge on any atom is -0.475 e. The molecule has 2 heterocycles. The molecule has 1 aliphatic rings. The highest BCUT2D eigenvalue weighted by Crippen LogP contribution is 2.14. The predicted octanol–water partition coefficient (Wildman–Crippen LogP) is 1.57. The van der Waals surface area contributed by atoms with Crippen molar-refractivity contribution in [1.29, 1.82) is 0 Å². The Bertz CT molecular complexity index is 326. The first-order valence-electron chi connectivity index (χ1n) is 4.79. The number of hydrogen-bond acceptors (Lipinski definition) is 3. The van der Waals surface area contributed by atoms with Crippen molar-refractivity contribution in [1.82, 2.24) is 4.90 Å². The number of carbonyl (C=O) groups is 1. The zero-order valence-corrected chi connectivity index (χ0v) is 7.90. The van der Waals surface area contributed by atoms with Crippen molar-refractivity contribution in [3.63, 3.8) is 0 Å². The summed E-state index contributed by atoms with van der Waals surface area (Å²) in [5.74, 6) is -0.975. The van der Waals surface area contributed by atoms with E-state index < -0.39 is 5.97 Å². The van der Waals surface area contributed by atoms with E-state index in [4.69, 9.17) is 9.52 Å². The van der Waals surface area contributed by atoms with Crippen LogP contribution in [0.1, 0.15) is 29.0 Å². The van der Waals surface area contributed by atoms with Gasteiger partial charge in [-0.1, -0.05) is 0 Å². The van der Waals surface area contributed by atoms with Gasteiger partial charge in [-0.05, 0) is 32.0 Å². The second-order valence-corrected chi connectivity index (χ2v) is 3.61. The van der Waals surface area contributed by atoms with Crippen LogP contribution in [0.15, 0.2) is 16.7 Å². The van der Waals surface area contributed by atoms with Gasteiger partial charge in [0, 0.05) is 12.1 Å². The van der Waals surface area contributed by atoms with Crippen molar-refractivity contribution < 1.29 is 14.3 Å². The normalized spacial score (nSPS) is 17.4. The number of rotatable bonds is 3. The summed E-state index contributed by atoms with van der Waals surface area (Å²) in [6.07, 6.45) is 4.01. The maximum atomic E-state index is 10.5. The summed E-state index contributed by atoms with van der Waals surface area (Å²) in [7, 11) is 0. The van der Waals surface area contributed by atoms with E-state index in [1.807, 2.05) is 0 Å². The third-order valence-corrected chi connectivity index (χ3v) is 2.47. The lowest BCUT2D eigenvalue weighted by Crippen LogP contribution is -2.17. The van der Waals surface area contributed by atoms with Gasteiger partial charge in [-0.15, -0.1) is 0 Å². The molecule has 76 valence electrons. The molecule has 14 heavy (non-hydrogen) atoms. The molecule has 4 nitrogen and oxygen atoms in total. The van der Waals surface area contributed by atoms with E-state index in [-0.39, 0.29) is 5.76 Å². The molecular formula is C10H13NO3. The Hall–Kier alpha value is -1.29. The first-order chi connectivity index (χ1) is 6.75. The van der Waals surface area contributed by atoms with Crippen LogP contribution in [0.25, 0.3) is 0 Å². The zero-order valence-electron chi connectivity index (χ0n) is 7.90. The maximum absolute atomic E-state index is 10.5. The number of aromatic carboxylic acids is 1. The average Bonchev–Trinajstić information content (AvgIpc) is 2.75. The van der Waals surface area contributed by atoms with E-state index in [9.17, 15) is 4.79 Å². The monoisotopic (exact) mass is 195 g/mol. The maximum Gasteiger partial charge on any atom is 0.371 e. The molecule has 0 spiro atoms. The van der Waals surface area contributed by atoms with Gasteiger partial charge in [0.1, 0.15) is 0 Å². The van der Waals surface area contributed by atoms with Gasteiger partial charge in [-0.2, -0.15) is 0 Å². The number of carboxylic acids is 1. The molecule has 1 aliphatic heterocycles. The van der Waals surface area contributed by atoms with E-state index >= 15 is 0 Å². The number of furan rings is 1. The SMILES string of the molecule is O=C(O)c1cc(CN2CCCC2)co1. The smallest absolute Gasteiger partial charge is 0.371 e. The molecule has 2 rings (SSSR count). The van der Waals surface area contributed by atoms with E-state index in [2.05, 4.69) is 4.90 Å². The summed E-state index contributed by atoms with van der Waals surface area (Å²) < 4.78 is 4.91. The largest absolute Gasteiger partial charge is 0.475 e. The van der Waals surface area contributed by atoms with Crippen LogP contribution in [0.5, 0.6) is 0 Å². The Morgan fingerprint density at radius 1 is 1.50 bits per heavy atom. The van der Waals surface area contributed by atoms with Crippen LogP contribution in [0.2, 0.25) is 0 Å². The van der Waals surface area contributed by atoms with Gasteiger partial charge in [0.2, 0.25) is 5.76 Å². The van der Waals surface area contributed by atoms with Gasteiger partial charge in [0.15, 0.2) is 0 Å². The van der Waals surface area contributed by atoms with E-state index in [0.29, 0.717) is 0 Å². The lowest BCUT2D eigenvalue weighted by Gasteiger charge is -2.11.